The number of pyridine rings is 2. The number of nitrogens with zero attached hydrogens (tertiary/aromatic N) is 2. The van der Waals surface area contributed by atoms with E-state index in [4.69, 9.17) is 11.6 Å². The Hall–Kier alpha value is -2.83. The Morgan fingerprint density at radius 1 is 1.13 bits per heavy atom. The molecule has 0 unspecified atom stereocenters. The van der Waals surface area contributed by atoms with Crippen LogP contribution in [0.2, 0.25) is 5.02 Å². The van der Waals surface area contributed by atoms with E-state index < -0.39 is 17.0 Å². The first kappa shape index (κ1) is 20.4. The molecule has 0 bridgehead atoms. The van der Waals surface area contributed by atoms with Gasteiger partial charge in [0.05, 0.1) is 17.5 Å². The van der Waals surface area contributed by atoms with Crippen LogP contribution in [-0.2, 0) is 6.54 Å². The molecule has 0 fully saturated rings. The van der Waals surface area contributed by atoms with Gasteiger partial charge in [0.1, 0.15) is 11.5 Å². The largest absolute Gasteiger partial charge is 0.327 e. The molecule has 4 nitrogen and oxygen atoms in total. The third-order valence-electron chi connectivity index (χ3n) is 4.80. The van der Waals surface area contributed by atoms with Crippen LogP contribution in [0.1, 0.15) is 27.2 Å². The monoisotopic (exact) mass is 484 g/mol. The fraction of sp³-hybridized carbons (Fsp3) is 0.0870. The van der Waals surface area contributed by atoms with Crippen molar-refractivity contribution in [1.29, 1.82) is 0 Å². The molecule has 2 aromatic carbocycles. The molecular weight excluding hydrogens is 471 g/mol. The highest BCUT2D eigenvalue weighted by atomic mass is 79.9. The summed E-state index contributed by atoms with van der Waals surface area (Å²) in [5.74, 6) is -0.883. The summed E-state index contributed by atoms with van der Waals surface area (Å²) in [6.45, 7) is 1.82. The maximum Gasteiger partial charge on any atom is 0.202 e. The maximum absolute atomic E-state index is 14.4. The average molecular weight is 486 g/mol. The van der Waals surface area contributed by atoms with Gasteiger partial charge in [-0.15, -0.1) is 0 Å². The molecular formula is C23H15BrClFN2O2. The van der Waals surface area contributed by atoms with E-state index >= 15 is 0 Å². The van der Waals surface area contributed by atoms with E-state index in [1.165, 1.54) is 18.3 Å². The molecule has 0 atom stereocenters. The van der Waals surface area contributed by atoms with E-state index in [2.05, 4.69) is 20.9 Å². The molecule has 30 heavy (non-hydrogen) atoms. The lowest BCUT2D eigenvalue weighted by Gasteiger charge is -2.14. The number of aromatic nitrogens is 2. The fourth-order valence-corrected chi connectivity index (χ4v) is 3.74. The molecule has 4 aromatic rings. The summed E-state index contributed by atoms with van der Waals surface area (Å²) in [6, 6.07) is 14.5. The number of halogens is 3. The Labute approximate surface area is 185 Å². The standard InChI is InChI=1S/C23H15BrClFN2O2/c1-13-5-10-16-22(30)18(21(29)14-6-8-15(24)9-7-14)12-28(23(16)27-13)11-17-19(25)3-2-4-20(17)26/h2-10,12H,11H2,1H3. The lowest BCUT2D eigenvalue weighted by Crippen LogP contribution is -2.21. The number of hydrogen-bond donors (Lipinski definition) is 0. The van der Waals surface area contributed by atoms with E-state index in [0.717, 1.165) is 4.47 Å². The molecule has 4 rings (SSSR count). The predicted octanol–water partition coefficient (Wildman–Crippen LogP) is 5.54. The Balaban J connectivity index is 1.94. The smallest absolute Gasteiger partial charge is 0.202 e. The predicted molar refractivity (Wildman–Crippen MR) is 119 cm³/mol. The molecule has 0 aliphatic carbocycles. The van der Waals surface area contributed by atoms with Crippen LogP contribution in [-0.4, -0.2) is 15.3 Å². The second-order valence-corrected chi connectivity index (χ2v) is 8.18. The van der Waals surface area contributed by atoms with Crippen LogP contribution in [0.3, 0.4) is 0 Å². The highest BCUT2D eigenvalue weighted by molar-refractivity contribution is 9.10. The molecule has 0 aliphatic rings. The van der Waals surface area contributed by atoms with Crippen LogP contribution in [0, 0.1) is 12.7 Å². The molecule has 0 radical (unpaired) electrons. The third-order valence-corrected chi connectivity index (χ3v) is 5.68. The summed E-state index contributed by atoms with van der Waals surface area (Å²) in [4.78, 5) is 30.6. The van der Waals surface area contributed by atoms with Crippen molar-refractivity contribution in [2.24, 2.45) is 0 Å². The molecule has 2 heterocycles. The van der Waals surface area contributed by atoms with Crippen LogP contribution in [0.4, 0.5) is 4.39 Å². The van der Waals surface area contributed by atoms with Crippen molar-refractivity contribution in [3.05, 3.63) is 109 Å². The number of rotatable bonds is 4. The summed E-state index contributed by atoms with van der Waals surface area (Å²) < 4.78 is 16.8. The first-order chi connectivity index (χ1) is 14.3. The SMILES string of the molecule is Cc1ccc2c(=O)c(C(=O)c3ccc(Br)cc3)cn(Cc3c(F)cccc3Cl)c2n1. The van der Waals surface area contributed by atoms with E-state index in [0.29, 0.717) is 16.9 Å². The van der Waals surface area contributed by atoms with Crippen LogP contribution in [0.15, 0.2) is 70.1 Å². The summed E-state index contributed by atoms with van der Waals surface area (Å²) in [7, 11) is 0. The first-order valence-electron chi connectivity index (χ1n) is 9.09. The first-order valence-corrected chi connectivity index (χ1v) is 10.3. The average Bonchev–Trinajstić information content (AvgIpc) is 2.72. The molecule has 0 saturated heterocycles. The normalized spacial score (nSPS) is 11.1. The van der Waals surface area contributed by atoms with E-state index in [1.54, 1.807) is 54.0 Å². The minimum atomic E-state index is -0.470. The van der Waals surface area contributed by atoms with E-state index in [-0.39, 0.29) is 28.1 Å². The molecule has 0 amide bonds. The molecule has 0 spiro atoms. The fourth-order valence-electron chi connectivity index (χ4n) is 3.25. The van der Waals surface area contributed by atoms with E-state index in [9.17, 15) is 14.0 Å². The van der Waals surface area contributed by atoms with Crippen molar-refractivity contribution in [1.82, 2.24) is 9.55 Å². The van der Waals surface area contributed by atoms with Crippen LogP contribution in [0.25, 0.3) is 11.0 Å². The van der Waals surface area contributed by atoms with Crippen molar-refractivity contribution in [2.75, 3.05) is 0 Å². The quantitative estimate of drug-likeness (QED) is 0.357. The zero-order chi connectivity index (χ0) is 21.4. The van der Waals surface area contributed by atoms with Crippen LogP contribution < -0.4 is 5.43 Å². The number of aryl methyl sites for hydroxylation is 1. The minimum absolute atomic E-state index is 0.0112. The number of carbonyl (C=O) groups is 1. The number of hydrogen-bond acceptors (Lipinski definition) is 3. The summed E-state index contributed by atoms with van der Waals surface area (Å²) in [5.41, 5.74) is 1.28. The van der Waals surface area contributed by atoms with Crippen molar-refractivity contribution < 1.29 is 9.18 Å². The number of ketones is 1. The summed E-state index contributed by atoms with van der Waals surface area (Å²) >= 11 is 9.53. The van der Waals surface area contributed by atoms with Gasteiger partial charge in [0.25, 0.3) is 0 Å². The van der Waals surface area contributed by atoms with Gasteiger partial charge >= 0.3 is 0 Å². The van der Waals surface area contributed by atoms with Crippen molar-refractivity contribution >= 4 is 44.3 Å². The van der Waals surface area contributed by atoms with Gasteiger partial charge in [-0.3, -0.25) is 9.59 Å². The minimum Gasteiger partial charge on any atom is -0.327 e. The zero-order valence-electron chi connectivity index (χ0n) is 15.8. The van der Waals surface area contributed by atoms with Gasteiger partial charge in [-0.1, -0.05) is 33.6 Å². The van der Waals surface area contributed by atoms with Gasteiger partial charge in [-0.2, -0.15) is 0 Å². The molecule has 2 aromatic heterocycles. The maximum atomic E-state index is 14.4. The summed E-state index contributed by atoms with van der Waals surface area (Å²) in [5, 5.41) is 0.548. The van der Waals surface area contributed by atoms with Gasteiger partial charge in [0, 0.05) is 32.5 Å². The number of benzene rings is 2. The van der Waals surface area contributed by atoms with Gasteiger partial charge in [0.15, 0.2) is 5.78 Å². The summed E-state index contributed by atoms with van der Waals surface area (Å²) in [6.07, 6.45) is 1.43. The Bertz CT molecular complexity index is 1330. The molecule has 0 aliphatic heterocycles. The van der Waals surface area contributed by atoms with E-state index in [1.807, 2.05) is 0 Å². The Kier molecular flexibility index (Phi) is 5.54. The Morgan fingerprint density at radius 2 is 1.87 bits per heavy atom. The molecule has 7 heteroatoms. The number of fused-ring (bicyclic) bond motifs is 1. The highest BCUT2D eigenvalue weighted by Gasteiger charge is 2.19. The van der Waals surface area contributed by atoms with Crippen molar-refractivity contribution in [3.63, 3.8) is 0 Å². The molecule has 150 valence electrons. The molecule has 0 N–H and O–H groups in total. The molecule has 0 saturated carbocycles. The van der Waals surface area contributed by atoms with Gasteiger partial charge < -0.3 is 4.57 Å². The zero-order valence-corrected chi connectivity index (χ0v) is 18.2. The van der Waals surface area contributed by atoms with Gasteiger partial charge in [-0.05, 0) is 55.5 Å². The van der Waals surface area contributed by atoms with Crippen LogP contribution >= 0.6 is 27.5 Å². The highest BCUT2D eigenvalue weighted by Crippen LogP contribution is 2.22. The Morgan fingerprint density at radius 3 is 2.57 bits per heavy atom. The number of carbonyl (C=O) groups excluding carboxylic acids is 1. The van der Waals surface area contributed by atoms with Gasteiger partial charge in [0.2, 0.25) is 5.43 Å². The second-order valence-electron chi connectivity index (χ2n) is 6.86. The second kappa shape index (κ2) is 8.13. The lowest BCUT2D eigenvalue weighted by atomic mass is 10.0. The van der Waals surface area contributed by atoms with Crippen molar-refractivity contribution in [2.45, 2.75) is 13.5 Å². The van der Waals surface area contributed by atoms with Gasteiger partial charge in [-0.25, -0.2) is 9.37 Å². The van der Waals surface area contributed by atoms with Crippen molar-refractivity contribution in [3.8, 4) is 0 Å². The lowest BCUT2D eigenvalue weighted by molar-refractivity contribution is 0.103. The topological polar surface area (TPSA) is 52.0 Å². The third kappa shape index (κ3) is 3.80. The van der Waals surface area contributed by atoms with Crippen LogP contribution in [0.5, 0.6) is 0 Å².